The van der Waals surface area contributed by atoms with Gasteiger partial charge in [-0.1, -0.05) is 23.2 Å². The molecule has 210 valence electrons. The molecule has 1 fully saturated rings. The van der Waals surface area contributed by atoms with Gasteiger partial charge in [0, 0.05) is 47.0 Å². The van der Waals surface area contributed by atoms with Gasteiger partial charge in [-0.15, -0.1) is 0 Å². The van der Waals surface area contributed by atoms with Gasteiger partial charge in [-0.3, -0.25) is 19.5 Å². The number of hydrazone groups is 1. The Morgan fingerprint density at radius 2 is 2.02 bits per heavy atom. The number of nitrogens with zero attached hydrogens (tertiary/aromatic N) is 4. The van der Waals surface area contributed by atoms with Crippen molar-refractivity contribution in [2.75, 3.05) is 25.5 Å². The van der Waals surface area contributed by atoms with Crippen molar-refractivity contribution in [1.29, 1.82) is 0 Å². The van der Waals surface area contributed by atoms with Crippen LogP contribution in [-0.2, 0) is 20.0 Å². The Bertz CT molecular complexity index is 1550. The predicted molar refractivity (Wildman–Crippen MR) is 155 cm³/mol. The van der Waals surface area contributed by atoms with E-state index < -0.39 is 22.8 Å². The molecule has 0 saturated heterocycles. The number of hydrogen-bond donors (Lipinski definition) is 3. The molecule has 5 rings (SSSR count). The second kappa shape index (κ2) is 11.8. The molecule has 11 nitrogen and oxygen atoms in total. The number of amidine groups is 1. The zero-order chi connectivity index (χ0) is 28.6. The van der Waals surface area contributed by atoms with Crippen LogP contribution >= 0.6 is 39.1 Å². The minimum Gasteiger partial charge on any atom is -0.365 e. The van der Waals surface area contributed by atoms with Gasteiger partial charge in [0.15, 0.2) is 0 Å². The van der Waals surface area contributed by atoms with E-state index in [1.807, 2.05) is 0 Å². The summed E-state index contributed by atoms with van der Waals surface area (Å²) in [7, 11) is -1.53. The molecular weight excluding hydrogens is 647 g/mol. The van der Waals surface area contributed by atoms with Crippen LogP contribution in [0.2, 0.25) is 10.0 Å². The largest absolute Gasteiger partial charge is 0.365 e. The molecule has 3 heterocycles. The third-order valence-electron chi connectivity index (χ3n) is 6.61. The molecule has 2 aliphatic heterocycles. The summed E-state index contributed by atoms with van der Waals surface area (Å²) in [6.45, 7) is 0.265. The molecule has 1 aromatic heterocycles. The second-order valence-electron chi connectivity index (χ2n) is 9.26. The van der Waals surface area contributed by atoms with Crippen LogP contribution in [0.5, 0.6) is 0 Å². The third-order valence-corrected chi connectivity index (χ3v) is 8.11. The number of thiol groups is 1. The summed E-state index contributed by atoms with van der Waals surface area (Å²) in [6.07, 6.45) is 6.25. The first-order chi connectivity index (χ1) is 19.1. The van der Waals surface area contributed by atoms with Gasteiger partial charge in [0.05, 0.1) is 34.4 Å². The smallest absolute Gasteiger partial charge is 0.300 e. The number of amides is 2. The van der Waals surface area contributed by atoms with Gasteiger partial charge in [0.25, 0.3) is 11.8 Å². The molecule has 2 aromatic rings. The highest BCUT2D eigenvalue weighted by molar-refractivity contribution is 9.10. The van der Waals surface area contributed by atoms with Gasteiger partial charge in [-0.25, -0.2) is 0 Å². The van der Waals surface area contributed by atoms with E-state index in [1.165, 1.54) is 23.1 Å². The monoisotopic (exact) mass is 668 g/mol. The van der Waals surface area contributed by atoms with E-state index in [1.54, 1.807) is 36.3 Å². The maximum atomic E-state index is 13.5. The number of nitrogens with one attached hydrogen (secondary N) is 2. The maximum absolute atomic E-state index is 13.5. The first-order valence-corrected chi connectivity index (χ1v) is 14.8. The quantitative estimate of drug-likeness (QED) is 0.381. The molecule has 1 aliphatic carbocycles. The number of pyridine rings is 1. The molecule has 1 aromatic carbocycles. The molecule has 1 saturated carbocycles. The van der Waals surface area contributed by atoms with Crippen molar-refractivity contribution in [3.63, 3.8) is 0 Å². The standard InChI is InChI=1S/C25H23BrCl2N6O5S/c1-33(15-5-6-15)25(36)16-9-14(27)10-18(26)21(16)31-24(35)13-4-7-20(39-40(37)38)34(12-13)23-17(11-30-32-23)22-19(28)3-2-8-29-22/h2-4,7-10,15,17,30,40H,5-6,11-12H2,1H3,(H,31,35). The number of halogens is 3. The van der Waals surface area contributed by atoms with Crippen LogP contribution in [0, 0.1) is 0 Å². The third kappa shape index (κ3) is 5.97. The molecule has 3 aliphatic rings. The van der Waals surface area contributed by atoms with Gasteiger partial charge in [-0.05, 0) is 59.1 Å². The predicted octanol–water partition coefficient (Wildman–Crippen LogP) is 3.65. The van der Waals surface area contributed by atoms with Crippen molar-refractivity contribution in [2.45, 2.75) is 24.8 Å². The summed E-state index contributed by atoms with van der Waals surface area (Å²) in [5, 5.41) is 7.92. The van der Waals surface area contributed by atoms with Crippen LogP contribution < -0.4 is 10.7 Å². The average molecular weight is 670 g/mol. The van der Waals surface area contributed by atoms with Gasteiger partial charge in [0.1, 0.15) is 5.84 Å². The summed E-state index contributed by atoms with van der Waals surface area (Å²) in [6, 6.07) is 6.65. The molecule has 40 heavy (non-hydrogen) atoms. The van der Waals surface area contributed by atoms with E-state index in [4.69, 9.17) is 27.4 Å². The molecule has 1 unspecified atom stereocenters. The van der Waals surface area contributed by atoms with Crippen LogP contribution in [0.1, 0.15) is 34.8 Å². The highest BCUT2D eigenvalue weighted by Gasteiger charge is 2.36. The topological polar surface area (TPSA) is 133 Å². The summed E-state index contributed by atoms with van der Waals surface area (Å²) in [5.74, 6) is -0.896. The second-order valence-corrected chi connectivity index (χ2v) is 11.6. The van der Waals surface area contributed by atoms with E-state index in [-0.39, 0.29) is 41.2 Å². The minimum absolute atomic E-state index is 0.0400. The van der Waals surface area contributed by atoms with E-state index in [2.05, 4.69) is 36.8 Å². The fourth-order valence-corrected chi connectivity index (χ4v) is 5.92. The lowest BCUT2D eigenvalue weighted by molar-refractivity contribution is -0.113. The molecule has 2 N–H and O–H groups in total. The lowest BCUT2D eigenvalue weighted by Gasteiger charge is -2.30. The summed E-state index contributed by atoms with van der Waals surface area (Å²) < 4.78 is 28.4. The van der Waals surface area contributed by atoms with E-state index >= 15 is 0 Å². The number of carbonyl (C=O) groups is 2. The van der Waals surface area contributed by atoms with Crippen molar-refractivity contribution in [3.8, 4) is 0 Å². The van der Waals surface area contributed by atoms with Crippen LogP contribution in [0.4, 0.5) is 5.69 Å². The van der Waals surface area contributed by atoms with Crippen molar-refractivity contribution in [1.82, 2.24) is 20.2 Å². The molecule has 1 atom stereocenters. The van der Waals surface area contributed by atoms with Crippen molar-refractivity contribution >= 4 is 73.5 Å². The van der Waals surface area contributed by atoms with Gasteiger partial charge in [0.2, 0.25) is 5.88 Å². The molecule has 0 radical (unpaired) electrons. The lowest BCUT2D eigenvalue weighted by Crippen LogP contribution is -2.39. The number of hydrogen-bond acceptors (Lipinski definition) is 9. The molecule has 15 heteroatoms. The Morgan fingerprint density at radius 3 is 2.73 bits per heavy atom. The van der Waals surface area contributed by atoms with Crippen LogP contribution in [0.15, 0.2) is 63.6 Å². The highest BCUT2D eigenvalue weighted by atomic mass is 79.9. The summed E-state index contributed by atoms with van der Waals surface area (Å²) >= 11 is 16.0. The number of anilines is 1. The van der Waals surface area contributed by atoms with E-state index in [9.17, 15) is 18.0 Å². The summed E-state index contributed by atoms with van der Waals surface area (Å²) in [5.41, 5.74) is 4.20. The molecule has 2 amide bonds. The SMILES string of the molecule is CN(C(=O)c1cc(Cl)cc(Br)c1NC(=O)C1=CC=C(O[SH](=O)=O)N(C2=NNCC2c2ncccc2Cl)C1)C1CC1. The number of carbonyl (C=O) groups excluding carboxylic acids is 2. The Kier molecular flexibility index (Phi) is 8.36. The van der Waals surface area contributed by atoms with Gasteiger partial charge in [-0.2, -0.15) is 13.5 Å². The Morgan fingerprint density at radius 1 is 1.25 bits per heavy atom. The fraction of sp³-hybridized carbons (Fsp3) is 0.280. The zero-order valence-corrected chi connectivity index (χ0v) is 24.9. The van der Waals surface area contributed by atoms with Crippen LogP contribution in [0.3, 0.4) is 0 Å². The average Bonchev–Trinajstić information content (AvgIpc) is 3.66. The van der Waals surface area contributed by atoms with E-state index in [0.717, 1.165) is 12.8 Å². The first-order valence-electron chi connectivity index (χ1n) is 12.1. The molecule has 0 bridgehead atoms. The maximum Gasteiger partial charge on any atom is 0.300 e. The Balaban J connectivity index is 1.44. The zero-order valence-electron chi connectivity index (χ0n) is 20.9. The van der Waals surface area contributed by atoms with Crippen molar-refractivity contribution < 1.29 is 22.2 Å². The number of rotatable bonds is 7. The van der Waals surface area contributed by atoms with Gasteiger partial charge < -0.3 is 19.8 Å². The van der Waals surface area contributed by atoms with Gasteiger partial charge >= 0.3 is 11.0 Å². The van der Waals surface area contributed by atoms with E-state index in [0.29, 0.717) is 32.6 Å². The normalized spacial score (nSPS) is 18.5. The summed E-state index contributed by atoms with van der Waals surface area (Å²) in [4.78, 5) is 34.2. The highest BCUT2D eigenvalue weighted by Crippen LogP contribution is 2.35. The molecular formula is C25H23BrCl2N6O5S. The van der Waals surface area contributed by atoms with Crippen LogP contribution in [-0.4, -0.2) is 67.0 Å². The number of benzene rings is 1. The first kappa shape index (κ1) is 28.4. The lowest BCUT2D eigenvalue weighted by atomic mass is 10.0. The van der Waals surface area contributed by atoms with Crippen molar-refractivity contribution in [2.24, 2.45) is 5.10 Å². The fourth-order valence-electron chi connectivity index (χ4n) is 4.45. The minimum atomic E-state index is -3.25. The Hall–Kier alpha value is -3.13. The molecule has 0 spiro atoms. The Labute approximate surface area is 250 Å². The van der Waals surface area contributed by atoms with Crippen molar-refractivity contribution in [3.05, 3.63) is 79.8 Å². The number of allylic oxidation sites excluding steroid dienone is 2. The van der Waals surface area contributed by atoms with Crippen LogP contribution in [0.25, 0.3) is 0 Å². The number of aromatic nitrogens is 1.